The van der Waals surface area contributed by atoms with Gasteiger partial charge in [0.25, 0.3) is 11.8 Å². The molecule has 0 aliphatic carbocycles. The van der Waals surface area contributed by atoms with Gasteiger partial charge < -0.3 is 5.32 Å². The van der Waals surface area contributed by atoms with Crippen LogP contribution in [0.2, 0.25) is 0 Å². The molecular formula is C17H32N4O3. The Kier molecular flexibility index (Phi) is 7.66. The van der Waals surface area contributed by atoms with Crippen molar-refractivity contribution in [3.05, 3.63) is 0 Å². The molecule has 0 aromatic carbocycles. The SMILES string of the molecule is CCCCCCCC1(C)NC(=O)N(NC(=O)CN(C)C(C)C)C1=O. The largest absolute Gasteiger partial charge is 0.344 e. The van der Waals surface area contributed by atoms with Crippen molar-refractivity contribution in [2.45, 2.75) is 77.8 Å². The maximum Gasteiger partial charge on any atom is 0.344 e. The highest BCUT2D eigenvalue weighted by molar-refractivity contribution is 6.07. The zero-order valence-electron chi connectivity index (χ0n) is 15.6. The number of unbranched alkanes of at least 4 members (excludes halogenated alkanes) is 4. The second kappa shape index (κ2) is 9.01. The lowest BCUT2D eigenvalue weighted by Crippen LogP contribution is -2.51. The van der Waals surface area contributed by atoms with E-state index in [1.54, 1.807) is 6.92 Å². The fourth-order valence-corrected chi connectivity index (χ4v) is 2.61. The van der Waals surface area contributed by atoms with Crippen molar-refractivity contribution in [1.82, 2.24) is 20.7 Å². The number of nitrogens with zero attached hydrogens (tertiary/aromatic N) is 2. The molecule has 4 amide bonds. The molecule has 1 aliphatic rings. The van der Waals surface area contributed by atoms with Crippen molar-refractivity contribution in [1.29, 1.82) is 0 Å². The van der Waals surface area contributed by atoms with Crippen LogP contribution in [0, 0.1) is 0 Å². The van der Waals surface area contributed by atoms with Crippen LogP contribution in [-0.2, 0) is 9.59 Å². The summed E-state index contributed by atoms with van der Waals surface area (Å²) >= 11 is 0. The van der Waals surface area contributed by atoms with Crippen LogP contribution in [0.15, 0.2) is 0 Å². The van der Waals surface area contributed by atoms with Gasteiger partial charge in [-0.05, 0) is 34.2 Å². The van der Waals surface area contributed by atoms with Crippen LogP contribution in [-0.4, -0.2) is 52.9 Å². The van der Waals surface area contributed by atoms with E-state index in [1.807, 2.05) is 25.8 Å². The van der Waals surface area contributed by atoms with Crippen LogP contribution in [0.3, 0.4) is 0 Å². The van der Waals surface area contributed by atoms with Crippen LogP contribution in [0.4, 0.5) is 4.79 Å². The summed E-state index contributed by atoms with van der Waals surface area (Å²) < 4.78 is 0. The fourth-order valence-electron chi connectivity index (χ4n) is 2.61. The third kappa shape index (κ3) is 5.47. The van der Waals surface area contributed by atoms with E-state index < -0.39 is 11.6 Å². The van der Waals surface area contributed by atoms with Crippen LogP contribution in [0.5, 0.6) is 0 Å². The molecule has 2 N–H and O–H groups in total. The molecule has 0 aromatic rings. The van der Waals surface area contributed by atoms with Gasteiger partial charge in [0.15, 0.2) is 0 Å². The molecule has 24 heavy (non-hydrogen) atoms. The lowest BCUT2D eigenvalue weighted by Gasteiger charge is -2.23. The van der Waals surface area contributed by atoms with E-state index >= 15 is 0 Å². The number of nitrogens with one attached hydrogen (secondary N) is 2. The highest BCUT2D eigenvalue weighted by Gasteiger charge is 2.48. The molecule has 0 bridgehead atoms. The summed E-state index contributed by atoms with van der Waals surface area (Å²) in [6, 6.07) is -0.358. The molecule has 1 rings (SSSR count). The summed E-state index contributed by atoms with van der Waals surface area (Å²) in [4.78, 5) is 38.4. The summed E-state index contributed by atoms with van der Waals surface area (Å²) in [6.07, 6.45) is 5.98. The zero-order chi connectivity index (χ0) is 18.3. The first kappa shape index (κ1) is 20.4. The molecule has 0 spiro atoms. The fraction of sp³-hybridized carbons (Fsp3) is 0.824. The van der Waals surface area contributed by atoms with Gasteiger partial charge in [0.05, 0.1) is 6.54 Å². The Morgan fingerprint density at radius 3 is 2.46 bits per heavy atom. The Bertz CT molecular complexity index is 467. The average Bonchev–Trinajstić information content (AvgIpc) is 2.70. The maximum atomic E-state index is 12.5. The standard InChI is InChI=1S/C17H32N4O3/c1-6-7-8-9-10-11-17(4)15(23)21(16(24)18-17)19-14(22)12-20(5)13(2)3/h13H,6-12H2,1-5H3,(H,18,24)(H,19,22). The summed E-state index contributed by atoms with van der Waals surface area (Å²) in [6.45, 7) is 7.94. The molecule has 0 saturated carbocycles. The monoisotopic (exact) mass is 340 g/mol. The molecule has 7 heteroatoms. The number of imide groups is 1. The zero-order valence-corrected chi connectivity index (χ0v) is 15.6. The van der Waals surface area contributed by atoms with Crippen molar-refractivity contribution >= 4 is 17.8 Å². The average molecular weight is 340 g/mol. The van der Waals surface area contributed by atoms with Gasteiger partial charge in [-0.3, -0.25) is 19.9 Å². The number of carbonyl (C=O) groups is 3. The van der Waals surface area contributed by atoms with Crippen LogP contribution < -0.4 is 10.7 Å². The predicted octanol–water partition coefficient (Wildman–Crippen LogP) is 2.03. The van der Waals surface area contributed by atoms with E-state index in [0.29, 0.717) is 6.42 Å². The van der Waals surface area contributed by atoms with E-state index in [4.69, 9.17) is 0 Å². The van der Waals surface area contributed by atoms with E-state index in [1.165, 1.54) is 6.42 Å². The van der Waals surface area contributed by atoms with Crippen LogP contribution in [0.25, 0.3) is 0 Å². The number of hydrazine groups is 1. The Hall–Kier alpha value is -1.63. The normalized spacial score (nSPS) is 20.9. The van der Waals surface area contributed by atoms with Gasteiger partial charge in [-0.25, -0.2) is 4.79 Å². The van der Waals surface area contributed by atoms with E-state index in [0.717, 1.165) is 30.7 Å². The van der Waals surface area contributed by atoms with Crippen molar-refractivity contribution in [2.24, 2.45) is 0 Å². The van der Waals surface area contributed by atoms with E-state index in [9.17, 15) is 14.4 Å². The third-order valence-corrected chi connectivity index (χ3v) is 4.55. The predicted molar refractivity (Wildman–Crippen MR) is 93.1 cm³/mol. The first-order valence-electron chi connectivity index (χ1n) is 8.87. The molecule has 1 atom stereocenters. The molecule has 1 heterocycles. The van der Waals surface area contributed by atoms with Gasteiger partial charge in [0, 0.05) is 6.04 Å². The van der Waals surface area contributed by atoms with Gasteiger partial charge in [0.1, 0.15) is 5.54 Å². The number of hydrogen-bond donors (Lipinski definition) is 2. The molecule has 0 aromatic heterocycles. The molecular weight excluding hydrogens is 308 g/mol. The van der Waals surface area contributed by atoms with E-state index in [-0.39, 0.29) is 24.4 Å². The van der Waals surface area contributed by atoms with Gasteiger partial charge >= 0.3 is 6.03 Å². The number of rotatable bonds is 10. The molecule has 1 aliphatic heterocycles. The van der Waals surface area contributed by atoms with Gasteiger partial charge in [0.2, 0.25) is 0 Å². The van der Waals surface area contributed by atoms with Gasteiger partial charge in [-0.1, -0.05) is 39.0 Å². The topological polar surface area (TPSA) is 81.8 Å². The minimum absolute atomic E-state index is 0.127. The van der Waals surface area contributed by atoms with Crippen molar-refractivity contribution in [3.8, 4) is 0 Å². The number of amides is 4. The number of hydrogen-bond acceptors (Lipinski definition) is 4. The van der Waals surface area contributed by atoms with E-state index in [2.05, 4.69) is 17.7 Å². The minimum atomic E-state index is -0.930. The Morgan fingerprint density at radius 2 is 1.88 bits per heavy atom. The molecule has 1 saturated heterocycles. The number of urea groups is 1. The molecule has 7 nitrogen and oxygen atoms in total. The van der Waals surface area contributed by atoms with Gasteiger partial charge in [-0.2, -0.15) is 5.01 Å². The van der Waals surface area contributed by atoms with Crippen LogP contribution in [0.1, 0.15) is 66.2 Å². The molecule has 0 radical (unpaired) electrons. The van der Waals surface area contributed by atoms with Gasteiger partial charge in [-0.15, -0.1) is 0 Å². The molecule has 138 valence electrons. The van der Waals surface area contributed by atoms with Crippen molar-refractivity contribution in [2.75, 3.05) is 13.6 Å². The lowest BCUT2D eigenvalue weighted by atomic mass is 9.94. The van der Waals surface area contributed by atoms with Crippen molar-refractivity contribution < 1.29 is 14.4 Å². The minimum Gasteiger partial charge on any atom is -0.322 e. The lowest BCUT2D eigenvalue weighted by molar-refractivity contribution is -0.139. The smallest absolute Gasteiger partial charge is 0.322 e. The molecule has 1 unspecified atom stereocenters. The third-order valence-electron chi connectivity index (χ3n) is 4.55. The number of carbonyl (C=O) groups excluding carboxylic acids is 3. The first-order chi connectivity index (χ1) is 11.2. The Labute approximate surface area is 145 Å². The number of likely N-dealkylation sites (N-methyl/N-ethyl adjacent to an activating group) is 1. The second-order valence-electron chi connectivity index (χ2n) is 7.11. The summed E-state index contributed by atoms with van der Waals surface area (Å²) in [5.41, 5.74) is 1.49. The maximum absolute atomic E-state index is 12.5. The van der Waals surface area contributed by atoms with Crippen molar-refractivity contribution in [3.63, 3.8) is 0 Å². The first-order valence-corrected chi connectivity index (χ1v) is 8.87. The molecule has 1 fully saturated rings. The summed E-state index contributed by atoms with van der Waals surface area (Å²) in [5, 5.41) is 3.53. The summed E-state index contributed by atoms with van der Waals surface area (Å²) in [5.74, 6) is -0.759. The second-order valence-corrected chi connectivity index (χ2v) is 7.11. The highest BCUT2D eigenvalue weighted by Crippen LogP contribution is 2.23. The highest BCUT2D eigenvalue weighted by atomic mass is 16.2. The quantitative estimate of drug-likeness (QED) is 0.471. The Balaban J connectivity index is 2.54. The van der Waals surface area contributed by atoms with Crippen LogP contribution >= 0.6 is 0 Å². The Morgan fingerprint density at radius 1 is 1.25 bits per heavy atom. The summed E-state index contributed by atoms with van der Waals surface area (Å²) in [7, 11) is 1.82.